The smallest absolute Gasteiger partial charge is 0.303 e. The third kappa shape index (κ3) is 5.12. The van der Waals surface area contributed by atoms with Crippen molar-refractivity contribution in [1.82, 2.24) is 0 Å². The molecular weight excluding hydrogens is 220 g/mol. The van der Waals surface area contributed by atoms with Crippen molar-refractivity contribution in [2.45, 2.75) is 65.1 Å². The molecule has 0 aliphatic carbocycles. The molecule has 0 rings (SSSR count). The average Bonchev–Trinajstić information content (AvgIpc) is 2.18. The Balaban J connectivity index is 5.76. The highest BCUT2D eigenvalue weighted by atomic mass is 28.4. The van der Waals surface area contributed by atoms with Gasteiger partial charge in [0.2, 0.25) is 0 Å². The van der Waals surface area contributed by atoms with Gasteiger partial charge >= 0.3 is 5.97 Å². The van der Waals surface area contributed by atoms with Gasteiger partial charge in [0.25, 0.3) is 0 Å². The molecule has 0 radical (unpaired) electrons. The van der Waals surface area contributed by atoms with Crippen LogP contribution in [0.3, 0.4) is 0 Å². The minimum Gasteiger partial charge on any atom is -0.457 e. The van der Waals surface area contributed by atoms with Crippen LogP contribution in [0.2, 0.25) is 18.1 Å². The average molecular weight is 252 g/mol. The van der Waals surface area contributed by atoms with E-state index in [0.717, 1.165) is 6.92 Å². The number of esters is 1. The molecule has 0 bridgehead atoms. The van der Waals surface area contributed by atoms with Gasteiger partial charge in [0.15, 0.2) is 8.32 Å². The lowest BCUT2D eigenvalue weighted by atomic mass is 10.1. The lowest BCUT2D eigenvalue weighted by Gasteiger charge is -2.38. The van der Waals surface area contributed by atoms with E-state index in [-0.39, 0.29) is 5.04 Å². The van der Waals surface area contributed by atoms with E-state index >= 15 is 0 Å². The van der Waals surface area contributed by atoms with Crippen molar-refractivity contribution in [3.05, 3.63) is 0 Å². The lowest BCUT2D eigenvalue weighted by Crippen LogP contribution is -2.45. The van der Waals surface area contributed by atoms with E-state index in [4.69, 9.17) is 17.4 Å². The molecule has 0 atom stereocenters. The minimum atomic E-state index is -3.04. The molecule has 0 fully saturated rings. The third-order valence-electron chi connectivity index (χ3n) is 2.76. The van der Waals surface area contributed by atoms with E-state index in [9.17, 15) is 4.79 Å². The lowest BCUT2D eigenvalue weighted by molar-refractivity contribution is -0.156. The molecule has 16 heavy (non-hydrogen) atoms. The predicted octanol–water partition coefficient (Wildman–Crippen LogP) is 3.35. The van der Waals surface area contributed by atoms with E-state index < -0.39 is 40.2 Å². The van der Waals surface area contributed by atoms with Crippen molar-refractivity contribution in [3.8, 4) is 0 Å². The summed E-state index contributed by atoms with van der Waals surface area (Å²) in [7, 11) is -2.41. The summed E-state index contributed by atoms with van der Waals surface area (Å²) in [4.78, 5) is 11.3. The Labute approximate surface area is 109 Å². The Morgan fingerprint density at radius 3 is 2.12 bits per heavy atom. The van der Waals surface area contributed by atoms with Gasteiger partial charge < -0.3 is 9.16 Å². The summed E-state index contributed by atoms with van der Waals surface area (Å²) in [6.07, 6.45) is 0. The number of ether oxygens (including phenoxy) is 1. The van der Waals surface area contributed by atoms with Gasteiger partial charge in [-0.15, -0.1) is 0 Å². The molecular formula is C12H26O3Si. The van der Waals surface area contributed by atoms with Crippen LogP contribution >= 0.6 is 0 Å². The quantitative estimate of drug-likeness (QED) is 0.568. The van der Waals surface area contributed by atoms with Gasteiger partial charge in [-0.3, -0.25) is 4.79 Å². The summed E-state index contributed by atoms with van der Waals surface area (Å²) in [5.41, 5.74) is -2.67. The molecule has 0 spiro atoms. The van der Waals surface area contributed by atoms with Crippen LogP contribution in [-0.4, -0.2) is 26.5 Å². The Morgan fingerprint density at radius 1 is 1.31 bits per heavy atom. The molecule has 0 saturated carbocycles. The maximum absolute atomic E-state index is 11.3. The summed E-state index contributed by atoms with van der Waals surface area (Å²) < 4.78 is 56.1. The summed E-state index contributed by atoms with van der Waals surface area (Å²) in [6.45, 7) is 3.79. The van der Waals surface area contributed by atoms with E-state index in [0.29, 0.717) is 0 Å². The molecule has 96 valence electrons. The fourth-order valence-electron chi connectivity index (χ4n) is 0.773. The zero-order chi connectivity index (χ0) is 18.2. The van der Waals surface area contributed by atoms with Crippen molar-refractivity contribution in [1.29, 1.82) is 0 Å². The minimum absolute atomic E-state index is 0.238. The van der Waals surface area contributed by atoms with Crippen LogP contribution in [-0.2, 0) is 14.0 Å². The van der Waals surface area contributed by atoms with Crippen LogP contribution in [0.25, 0.3) is 0 Å². The van der Waals surface area contributed by atoms with Gasteiger partial charge in [0.05, 0.1) is 6.61 Å². The molecule has 0 saturated heterocycles. The first-order valence-corrected chi connectivity index (χ1v) is 8.12. The number of carbonyl (C=O) groups excluding carboxylic acids is 1. The van der Waals surface area contributed by atoms with Gasteiger partial charge in [-0.1, -0.05) is 20.8 Å². The fourth-order valence-corrected chi connectivity index (χ4v) is 1.77. The SMILES string of the molecule is [2H]C([2H])([2H])C(CO[Si](C)(C)C(C)(C)C)(OC(C)=O)C([2H])([2H])[2H]. The number of hydrogen-bond donors (Lipinski definition) is 0. The van der Waals surface area contributed by atoms with E-state index in [1.807, 2.05) is 33.9 Å². The van der Waals surface area contributed by atoms with Gasteiger partial charge in [-0.05, 0) is 31.8 Å². The van der Waals surface area contributed by atoms with E-state index in [1.165, 1.54) is 0 Å². The maximum atomic E-state index is 11.3. The standard InChI is InChI=1S/C12H26O3Si/c1-10(13)15-12(5,6)9-14-16(7,8)11(2,3)4/h9H2,1-8H3/i5D3,6D3. The number of rotatable bonds is 4. The van der Waals surface area contributed by atoms with Gasteiger partial charge in [0.1, 0.15) is 5.60 Å². The predicted molar refractivity (Wildman–Crippen MR) is 69.0 cm³/mol. The first-order valence-electron chi connectivity index (χ1n) is 8.21. The highest BCUT2D eigenvalue weighted by Crippen LogP contribution is 2.37. The largest absolute Gasteiger partial charge is 0.457 e. The molecule has 0 aliphatic heterocycles. The zero-order valence-electron chi connectivity index (χ0n) is 16.9. The number of carbonyl (C=O) groups is 1. The summed E-state index contributed by atoms with van der Waals surface area (Å²) in [5.74, 6) is -0.967. The Kier molecular flexibility index (Phi) is 2.40. The first kappa shape index (κ1) is 7.87. The second-order valence-electron chi connectivity index (χ2n) is 5.47. The Morgan fingerprint density at radius 2 is 1.81 bits per heavy atom. The molecule has 3 nitrogen and oxygen atoms in total. The van der Waals surface area contributed by atoms with Crippen molar-refractivity contribution in [2.75, 3.05) is 6.61 Å². The van der Waals surface area contributed by atoms with E-state index in [2.05, 4.69) is 0 Å². The molecule has 0 amide bonds. The molecule has 0 unspecified atom stereocenters. The van der Waals surface area contributed by atoms with Crippen molar-refractivity contribution >= 4 is 14.3 Å². The Hall–Kier alpha value is -0.353. The van der Waals surface area contributed by atoms with Crippen molar-refractivity contribution < 1.29 is 22.2 Å². The molecule has 4 heteroatoms. The van der Waals surface area contributed by atoms with Crippen LogP contribution in [0, 0.1) is 0 Å². The maximum Gasteiger partial charge on any atom is 0.303 e. The van der Waals surface area contributed by atoms with Gasteiger partial charge in [0, 0.05) is 15.1 Å². The topological polar surface area (TPSA) is 35.5 Å². The molecule has 0 aromatic heterocycles. The first-order chi connectivity index (χ1) is 9.37. The highest BCUT2D eigenvalue weighted by Gasteiger charge is 2.38. The third-order valence-corrected chi connectivity index (χ3v) is 7.24. The summed E-state index contributed by atoms with van der Waals surface area (Å²) in [6, 6.07) is 0. The van der Waals surface area contributed by atoms with Crippen LogP contribution in [0.15, 0.2) is 0 Å². The van der Waals surface area contributed by atoms with Crippen LogP contribution in [0.5, 0.6) is 0 Å². The van der Waals surface area contributed by atoms with Crippen molar-refractivity contribution in [2.24, 2.45) is 0 Å². The molecule has 0 aromatic carbocycles. The van der Waals surface area contributed by atoms with Crippen molar-refractivity contribution in [3.63, 3.8) is 0 Å². The second-order valence-corrected chi connectivity index (χ2v) is 10.3. The van der Waals surface area contributed by atoms with Gasteiger partial charge in [-0.2, -0.15) is 0 Å². The monoisotopic (exact) mass is 252 g/mol. The van der Waals surface area contributed by atoms with Crippen LogP contribution < -0.4 is 0 Å². The normalized spacial score (nSPS) is 20.9. The zero-order valence-corrected chi connectivity index (χ0v) is 11.9. The van der Waals surface area contributed by atoms with Gasteiger partial charge in [-0.25, -0.2) is 0 Å². The van der Waals surface area contributed by atoms with Crippen LogP contribution in [0.1, 0.15) is 49.6 Å². The molecule has 0 N–H and O–H groups in total. The van der Waals surface area contributed by atoms with Crippen LogP contribution in [0.4, 0.5) is 0 Å². The highest BCUT2D eigenvalue weighted by molar-refractivity contribution is 6.74. The molecule has 0 aliphatic rings. The van der Waals surface area contributed by atoms with E-state index in [1.54, 1.807) is 0 Å². The Bertz CT molecular complexity index is 395. The molecule has 0 heterocycles. The summed E-state index contributed by atoms with van der Waals surface area (Å²) >= 11 is 0. The number of hydrogen-bond acceptors (Lipinski definition) is 3. The second kappa shape index (κ2) is 4.88. The summed E-state index contributed by atoms with van der Waals surface area (Å²) in [5, 5.41) is -0.238. The molecule has 0 aromatic rings. The fraction of sp³-hybridized carbons (Fsp3) is 0.917.